The van der Waals surface area contributed by atoms with E-state index in [1.54, 1.807) is 7.11 Å². The third-order valence-electron chi connectivity index (χ3n) is 6.04. The summed E-state index contributed by atoms with van der Waals surface area (Å²) in [4.78, 5) is 4.33. The molecule has 0 bridgehead atoms. The van der Waals surface area contributed by atoms with Gasteiger partial charge in [0.25, 0.3) is 0 Å². The molecule has 0 saturated heterocycles. The van der Waals surface area contributed by atoms with Gasteiger partial charge in [-0.05, 0) is 87.3 Å². The largest absolute Gasteiger partial charge is 0.481 e. The Bertz CT molecular complexity index is 944. The third-order valence-corrected chi connectivity index (χ3v) is 6.27. The molecule has 0 unspecified atom stereocenters. The molecule has 2 aromatic heterocycles. The van der Waals surface area contributed by atoms with Crippen LogP contribution in [0.1, 0.15) is 55.8 Å². The van der Waals surface area contributed by atoms with Gasteiger partial charge < -0.3 is 4.74 Å². The van der Waals surface area contributed by atoms with Crippen molar-refractivity contribution in [3.63, 3.8) is 0 Å². The molecule has 0 N–H and O–H groups in total. The lowest BCUT2D eigenvalue weighted by molar-refractivity contribution is 0.219. The van der Waals surface area contributed by atoms with Crippen molar-refractivity contribution in [1.29, 1.82) is 0 Å². The van der Waals surface area contributed by atoms with E-state index in [-0.39, 0.29) is 0 Å². The Kier molecular flexibility index (Phi) is 5.09. The highest BCUT2D eigenvalue weighted by atomic mass is 35.5. The summed E-state index contributed by atoms with van der Waals surface area (Å²) in [6.07, 6.45) is 6.77. The van der Waals surface area contributed by atoms with Crippen LogP contribution in [0.5, 0.6) is 5.88 Å². The SMILES string of the molecule is COc1c2ccc(Cl)cc2nn1[C@H](C)[C@H]1CC[C@@H](c2ccnc(C)c2)CC1. The number of benzene rings is 1. The first-order valence-corrected chi connectivity index (χ1v) is 10.1. The molecule has 1 aliphatic carbocycles. The van der Waals surface area contributed by atoms with E-state index in [1.807, 2.05) is 24.4 Å². The van der Waals surface area contributed by atoms with Gasteiger partial charge in [0, 0.05) is 16.9 Å². The summed E-state index contributed by atoms with van der Waals surface area (Å²) < 4.78 is 7.76. The van der Waals surface area contributed by atoms with Crippen molar-refractivity contribution in [2.24, 2.45) is 5.92 Å². The van der Waals surface area contributed by atoms with Crippen LogP contribution < -0.4 is 4.74 Å². The number of rotatable bonds is 4. The maximum Gasteiger partial charge on any atom is 0.219 e. The molecule has 27 heavy (non-hydrogen) atoms. The predicted octanol–water partition coefficient (Wildman–Crippen LogP) is 5.94. The van der Waals surface area contributed by atoms with E-state index in [0.717, 1.165) is 22.5 Å². The van der Waals surface area contributed by atoms with Gasteiger partial charge in [0.1, 0.15) is 0 Å². The smallest absolute Gasteiger partial charge is 0.219 e. The minimum Gasteiger partial charge on any atom is -0.481 e. The summed E-state index contributed by atoms with van der Waals surface area (Å²) >= 11 is 6.14. The molecule has 1 saturated carbocycles. The van der Waals surface area contributed by atoms with Crippen molar-refractivity contribution < 1.29 is 4.74 Å². The number of fused-ring (bicyclic) bond motifs is 1. The van der Waals surface area contributed by atoms with Gasteiger partial charge in [-0.25, -0.2) is 4.68 Å². The molecule has 4 rings (SSSR count). The number of methoxy groups -OCH3 is 1. The summed E-state index contributed by atoms with van der Waals surface area (Å²) in [7, 11) is 1.72. The van der Waals surface area contributed by atoms with Crippen LogP contribution in [0.3, 0.4) is 0 Å². The van der Waals surface area contributed by atoms with Crippen molar-refractivity contribution in [3.05, 3.63) is 52.8 Å². The molecule has 0 radical (unpaired) electrons. The average Bonchev–Trinajstić information content (AvgIpc) is 3.05. The molecule has 0 amide bonds. The Morgan fingerprint density at radius 1 is 1.15 bits per heavy atom. The molecule has 4 nitrogen and oxygen atoms in total. The lowest BCUT2D eigenvalue weighted by atomic mass is 9.76. The van der Waals surface area contributed by atoms with Gasteiger partial charge in [-0.15, -0.1) is 0 Å². The number of hydrogen-bond acceptors (Lipinski definition) is 3. The van der Waals surface area contributed by atoms with E-state index in [2.05, 4.69) is 35.6 Å². The second-order valence-electron chi connectivity index (χ2n) is 7.70. The van der Waals surface area contributed by atoms with Crippen LogP contribution in [-0.4, -0.2) is 21.9 Å². The van der Waals surface area contributed by atoms with E-state index < -0.39 is 0 Å². The minimum absolute atomic E-state index is 0.297. The average molecular weight is 384 g/mol. The molecule has 142 valence electrons. The van der Waals surface area contributed by atoms with Gasteiger partial charge in [-0.1, -0.05) is 11.6 Å². The van der Waals surface area contributed by atoms with E-state index in [9.17, 15) is 0 Å². The topological polar surface area (TPSA) is 39.9 Å². The molecule has 2 heterocycles. The Morgan fingerprint density at radius 2 is 1.93 bits per heavy atom. The lowest BCUT2D eigenvalue weighted by Gasteiger charge is -2.33. The first-order valence-electron chi connectivity index (χ1n) is 9.71. The summed E-state index contributed by atoms with van der Waals surface area (Å²) in [5.74, 6) is 2.08. The minimum atomic E-state index is 0.297. The van der Waals surface area contributed by atoms with E-state index in [0.29, 0.717) is 22.9 Å². The highest BCUT2D eigenvalue weighted by molar-refractivity contribution is 6.31. The van der Waals surface area contributed by atoms with E-state index in [1.165, 1.54) is 31.2 Å². The molecule has 1 aliphatic rings. The maximum absolute atomic E-state index is 6.14. The number of nitrogens with zero attached hydrogens (tertiary/aromatic N) is 3. The van der Waals surface area contributed by atoms with Crippen LogP contribution in [0.25, 0.3) is 10.9 Å². The Hall–Kier alpha value is -2.07. The number of ether oxygens (including phenoxy) is 1. The van der Waals surface area contributed by atoms with Gasteiger partial charge in [0.2, 0.25) is 5.88 Å². The van der Waals surface area contributed by atoms with E-state index >= 15 is 0 Å². The van der Waals surface area contributed by atoms with Crippen molar-refractivity contribution in [1.82, 2.24) is 14.8 Å². The summed E-state index contributed by atoms with van der Waals surface area (Å²) in [5, 5.41) is 6.53. The summed E-state index contributed by atoms with van der Waals surface area (Å²) in [6, 6.07) is 10.5. The molecular formula is C22H26ClN3O. The number of hydrogen-bond donors (Lipinski definition) is 0. The second kappa shape index (κ2) is 7.51. The molecular weight excluding hydrogens is 358 g/mol. The lowest BCUT2D eigenvalue weighted by Crippen LogP contribution is -2.23. The van der Waals surface area contributed by atoms with Crippen molar-refractivity contribution in [2.75, 3.05) is 7.11 Å². The number of pyridine rings is 1. The van der Waals surface area contributed by atoms with Gasteiger partial charge >= 0.3 is 0 Å². The fourth-order valence-electron chi connectivity index (χ4n) is 4.49. The maximum atomic E-state index is 6.14. The highest BCUT2D eigenvalue weighted by Gasteiger charge is 2.29. The van der Waals surface area contributed by atoms with E-state index in [4.69, 9.17) is 21.4 Å². The first kappa shape index (κ1) is 18.3. The van der Waals surface area contributed by atoms with Crippen LogP contribution >= 0.6 is 11.6 Å². The fraction of sp³-hybridized carbons (Fsp3) is 0.455. The normalized spacial score (nSPS) is 21.3. The Labute approximate surface area is 165 Å². The fourth-order valence-corrected chi connectivity index (χ4v) is 4.66. The highest BCUT2D eigenvalue weighted by Crippen LogP contribution is 2.42. The zero-order valence-corrected chi connectivity index (χ0v) is 16.9. The van der Waals surface area contributed by atoms with Gasteiger partial charge in [-0.2, -0.15) is 5.10 Å². The molecule has 1 aromatic carbocycles. The van der Waals surface area contributed by atoms with Gasteiger partial charge in [0.05, 0.1) is 24.1 Å². The van der Waals surface area contributed by atoms with Crippen LogP contribution in [0.4, 0.5) is 0 Å². The number of halogens is 1. The Balaban J connectivity index is 1.52. The van der Waals surface area contributed by atoms with Crippen LogP contribution in [-0.2, 0) is 0 Å². The van der Waals surface area contributed by atoms with Crippen molar-refractivity contribution >= 4 is 22.5 Å². The third kappa shape index (κ3) is 3.55. The first-order chi connectivity index (χ1) is 13.1. The number of aryl methyl sites for hydroxylation is 1. The monoisotopic (exact) mass is 383 g/mol. The summed E-state index contributed by atoms with van der Waals surface area (Å²) in [5.41, 5.74) is 3.44. The molecule has 1 fully saturated rings. The van der Waals surface area contributed by atoms with Crippen molar-refractivity contribution in [3.8, 4) is 5.88 Å². The molecule has 0 spiro atoms. The molecule has 3 aromatic rings. The standard InChI is InChI=1S/C22H26ClN3O/c1-14-12-18(10-11-24-14)17-6-4-16(5-7-17)15(2)26-22(27-3)20-9-8-19(23)13-21(20)25-26/h8-13,15-17H,4-7H2,1-3H3/t15-,16-,17+/m1/s1. The number of aromatic nitrogens is 3. The van der Waals surface area contributed by atoms with Crippen LogP contribution in [0.15, 0.2) is 36.5 Å². The molecule has 0 aliphatic heterocycles. The zero-order valence-electron chi connectivity index (χ0n) is 16.2. The summed E-state index contributed by atoms with van der Waals surface area (Å²) in [6.45, 7) is 4.33. The van der Waals surface area contributed by atoms with Gasteiger partial charge in [0.15, 0.2) is 0 Å². The zero-order chi connectivity index (χ0) is 19.0. The molecule has 1 atom stereocenters. The second-order valence-corrected chi connectivity index (χ2v) is 8.13. The quantitative estimate of drug-likeness (QED) is 0.560. The van der Waals surface area contributed by atoms with Crippen molar-refractivity contribution in [2.45, 2.75) is 51.5 Å². The van der Waals surface area contributed by atoms with Gasteiger partial charge in [-0.3, -0.25) is 4.98 Å². The predicted molar refractivity (Wildman–Crippen MR) is 110 cm³/mol. The van der Waals surface area contributed by atoms with Crippen LogP contribution in [0, 0.1) is 12.8 Å². The Morgan fingerprint density at radius 3 is 2.63 bits per heavy atom. The van der Waals surface area contributed by atoms with Crippen LogP contribution in [0.2, 0.25) is 5.02 Å². The molecule has 5 heteroatoms.